The molecule has 0 saturated carbocycles. The zero-order valence-electron chi connectivity index (χ0n) is 21.2. The average molecular weight is 634 g/mol. The molecule has 0 bridgehead atoms. The fourth-order valence-electron chi connectivity index (χ4n) is 3.74. The highest BCUT2D eigenvalue weighted by Gasteiger charge is 2.32. The predicted molar refractivity (Wildman–Crippen MR) is 141 cm³/mol. The van der Waals surface area contributed by atoms with Gasteiger partial charge < -0.3 is 19.8 Å². The van der Waals surface area contributed by atoms with Crippen LogP contribution in [0.2, 0.25) is 0 Å². The molecule has 0 saturated heterocycles. The van der Waals surface area contributed by atoms with Crippen molar-refractivity contribution in [2.75, 3.05) is 22.9 Å². The fourth-order valence-corrected chi connectivity index (χ4v) is 5.65. The number of alkyl halides is 5. The molecular formula is C25H20F5N3O7S2. The van der Waals surface area contributed by atoms with E-state index in [9.17, 15) is 43.6 Å². The molecule has 1 aromatic heterocycles. The van der Waals surface area contributed by atoms with Gasteiger partial charge in [-0.05, 0) is 48.5 Å². The molecule has 1 amide bonds. The number of nitrogens with one attached hydrogen (secondary N) is 3. The van der Waals surface area contributed by atoms with E-state index in [4.69, 9.17) is 4.74 Å². The summed E-state index contributed by atoms with van der Waals surface area (Å²) in [6, 6.07) is 12.3. The van der Waals surface area contributed by atoms with Crippen LogP contribution in [0.4, 0.5) is 33.3 Å². The number of carbonyl (C=O) groups is 1. The van der Waals surface area contributed by atoms with Crippen molar-refractivity contribution < 1.29 is 53.1 Å². The van der Waals surface area contributed by atoms with Gasteiger partial charge in [0.05, 0.1) is 21.7 Å². The van der Waals surface area contributed by atoms with Gasteiger partial charge in [0.1, 0.15) is 23.8 Å². The van der Waals surface area contributed by atoms with E-state index < -0.39 is 60.7 Å². The Bertz CT molecular complexity index is 1860. The number of halogens is 5. The number of hydrogen-bond acceptors (Lipinski definition) is 7. The minimum absolute atomic E-state index is 0.0261. The molecule has 42 heavy (non-hydrogen) atoms. The first-order chi connectivity index (χ1) is 19.5. The van der Waals surface area contributed by atoms with Crippen molar-refractivity contribution in [1.82, 2.24) is 4.98 Å². The minimum atomic E-state index is -5.09. The van der Waals surface area contributed by atoms with E-state index in [0.29, 0.717) is 17.0 Å². The van der Waals surface area contributed by atoms with Gasteiger partial charge in [-0.1, -0.05) is 12.1 Å². The molecule has 1 heterocycles. The van der Waals surface area contributed by atoms with Gasteiger partial charge in [0, 0.05) is 22.7 Å². The summed E-state index contributed by atoms with van der Waals surface area (Å²) >= 11 is 0. The summed E-state index contributed by atoms with van der Waals surface area (Å²) in [5, 5.41) is 2.94. The largest absolute Gasteiger partial charge is 0.573 e. The predicted octanol–water partition coefficient (Wildman–Crippen LogP) is 5.17. The van der Waals surface area contributed by atoms with Crippen LogP contribution in [0.1, 0.15) is 10.5 Å². The minimum Gasteiger partial charge on any atom is -0.488 e. The molecule has 4 rings (SSSR count). The second-order valence-corrected chi connectivity index (χ2v) is 12.4. The fraction of sp³-hybridized carbons (Fsp3) is 0.160. The first-order valence-electron chi connectivity index (χ1n) is 11.6. The number of benzene rings is 3. The summed E-state index contributed by atoms with van der Waals surface area (Å²) in [7, 11) is -8.14. The van der Waals surface area contributed by atoms with E-state index in [1.807, 2.05) is 0 Å². The second kappa shape index (κ2) is 11.5. The van der Waals surface area contributed by atoms with Crippen molar-refractivity contribution in [3.63, 3.8) is 0 Å². The van der Waals surface area contributed by atoms with Crippen LogP contribution in [-0.4, -0.2) is 53.4 Å². The van der Waals surface area contributed by atoms with Crippen molar-refractivity contribution in [1.29, 1.82) is 0 Å². The highest BCUT2D eigenvalue weighted by atomic mass is 32.2. The number of anilines is 2. The lowest BCUT2D eigenvalue weighted by Gasteiger charge is -2.13. The Morgan fingerprint density at radius 3 is 2.29 bits per heavy atom. The van der Waals surface area contributed by atoms with E-state index >= 15 is 0 Å². The van der Waals surface area contributed by atoms with Gasteiger partial charge in [0.15, 0.2) is 0 Å². The van der Waals surface area contributed by atoms with Crippen LogP contribution in [0.15, 0.2) is 76.5 Å². The number of hydrogen-bond donors (Lipinski definition) is 3. The molecule has 0 unspecified atom stereocenters. The van der Waals surface area contributed by atoms with Crippen molar-refractivity contribution in [3.8, 4) is 11.5 Å². The molecule has 17 heteroatoms. The van der Waals surface area contributed by atoms with E-state index in [1.165, 1.54) is 24.3 Å². The highest BCUT2D eigenvalue weighted by Crippen LogP contribution is 2.32. The molecule has 0 aliphatic carbocycles. The van der Waals surface area contributed by atoms with Crippen LogP contribution in [0.25, 0.3) is 10.9 Å². The van der Waals surface area contributed by atoms with Crippen molar-refractivity contribution in [3.05, 3.63) is 72.4 Å². The van der Waals surface area contributed by atoms with Crippen LogP contribution < -0.4 is 19.5 Å². The summed E-state index contributed by atoms with van der Waals surface area (Å²) in [6.45, 7) is -1.11. The van der Waals surface area contributed by atoms with E-state index in [-0.39, 0.29) is 22.8 Å². The molecular weight excluding hydrogens is 613 g/mol. The Morgan fingerprint density at radius 1 is 0.905 bits per heavy atom. The maximum Gasteiger partial charge on any atom is 0.573 e. The monoisotopic (exact) mass is 633 g/mol. The van der Waals surface area contributed by atoms with Crippen molar-refractivity contribution in [2.45, 2.75) is 22.6 Å². The maximum absolute atomic E-state index is 13.3. The molecule has 0 fully saturated rings. The SMILES string of the molecule is CS(=O)(=O)Nc1ccc2cc(C(=O)Nc3cc(OCC(F)F)cc(S(=O)(=O)c4cccc(OC(F)(F)F)c4)c3)[nH]c2c1. The molecule has 0 aliphatic heterocycles. The summed E-state index contributed by atoms with van der Waals surface area (Å²) in [5.41, 5.74) is 0.377. The molecule has 0 spiro atoms. The van der Waals surface area contributed by atoms with Crippen LogP contribution in [0.3, 0.4) is 0 Å². The number of sulfonamides is 1. The normalized spacial score (nSPS) is 12.4. The molecule has 4 aromatic rings. The number of aromatic amines is 1. The first kappa shape index (κ1) is 30.6. The zero-order chi connectivity index (χ0) is 30.9. The van der Waals surface area contributed by atoms with Crippen LogP contribution in [-0.2, 0) is 19.9 Å². The molecule has 0 atom stereocenters. The maximum atomic E-state index is 13.3. The molecule has 3 aromatic carbocycles. The number of sulfone groups is 1. The Balaban J connectivity index is 1.67. The molecule has 0 radical (unpaired) electrons. The third kappa shape index (κ3) is 7.88. The molecule has 10 nitrogen and oxygen atoms in total. The van der Waals surface area contributed by atoms with Gasteiger partial charge in [-0.2, -0.15) is 0 Å². The number of aromatic nitrogens is 1. The van der Waals surface area contributed by atoms with Crippen LogP contribution in [0, 0.1) is 0 Å². The first-order valence-corrected chi connectivity index (χ1v) is 14.9. The second-order valence-electron chi connectivity index (χ2n) is 8.73. The van der Waals surface area contributed by atoms with Crippen molar-refractivity contribution in [2.24, 2.45) is 0 Å². The summed E-state index contributed by atoms with van der Waals surface area (Å²) < 4.78 is 124. The highest BCUT2D eigenvalue weighted by molar-refractivity contribution is 7.92. The zero-order valence-corrected chi connectivity index (χ0v) is 22.8. The Labute approximate surface area is 235 Å². The third-order valence-electron chi connectivity index (χ3n) is 5.34. The Kier molecular flexibility index (Phi) is 8.36. The summed E-state index contributed by atoms with van der Waals surface area (Å²) in [4.78, 5) is 14.6. The van der Waals surface area contributed by atoms with Gasteiger partial charge in [-0.15, -0.1) is 13.2 Å². The number of amides is 1. The Morgan fingerprint density at radius 2 is 1.62 bits per heavy atom. The van der Waals surface area contributed by atoms with Crippen molar-refractivity contribution >= 4 is 48.0 Å². The summed E-state index contributed by atoms with van der Waals surface area (Å²) in [5.74, 6) is -1.97. The van der Waals surface area contributed by atoms with Crippen LogP contribution in [0.5, 0.6) is 11.5 Å². The van der Waals surface area contributed by atoms with Gasteiger partial charge in [0.2, 0.25) is 19.9 Å². The lowest BCUT2D eigenvalue weighted by Crippen LogP contribution is -2.17. The number of rotatable bonds is 10. The number of H-pyrrole nitrogens is 1. The molecule has 0 aliphatic rings. The topological polar surface area (TPSA) is 144 Å². The summed E-state index contributed by atoms with van der Waals surface area (Å²) in [6.07, 6.45) is -7.05. The smallest absolute Gasteiger partial charge is 0.488 e. The van der Waals surface area contributed by atoms with E-state index in [1.54, 1.807) is 0 Å². The van der Waals surface area contributed by atoms with Gasteiger partial charge in [0.25, 0.3) is 12.3 Å². The number of fused-ring (bicyclic) bond motifs is 1. The van der Waals surface area contributed by atoms with Gasteiger partial charge in [-0.3, -0.25) is 9.52 Å². The van der Waals surface area contributed by atoms with Gasteiger partial charge in [-0.25, -0.2) is 25.6 Å². The van der Waals surface area contributed by atoms with E-state index in [2.05, 4.69) is 19.8 Å². The standard InChI is InChI=1S/C25H20F5N3O7S2/c1-41(35,36)33-15-6-5-14-7-22(32-21(14)10-15)24(34)31-16-8-18(39-13-23(26)27)12-20(9-16)42(37,38)19-4-2-3-17(11-19)40-25(28,29)30/h2-12,23,32-33H,13H2,1H3,(H,31,34). The van der Waals surface area contributed by atoms with E-state index in [0.717, 1.165) is 42.7 Å². The average Bonchev–Trinajstić information content (AvgIpc) is 3.29. The van der Waals surface area contributed by atoms with Crippen LogP contribution >= 0.6 is 0 Å². The Hall–Kier alpha value is -4.38. The van der Waals surface area contributed by atoms with Gasteiger partial charge >= 0.3 is 6.36 Å². The number of carbonyl (C=O) groups excluding carboxylic acids is 1. The lowest BCUT2D eigenvalue weighted by molar-refractivity contribution is -0.274. The quantitative estimate of drug-likeness (QED) is 0.205. The molecule has 224 valence electrons. The lowest BCUT2D eigenvalue weighted by atomic mass is 10.2. The molecule has 3 N–H and O–H groups in total. The number of ether oxygens (including phenoxy) is 2. The third-order valence-corrected chi connectivity index (χ3v) is 7.68.